The number of amides is 2. The monoisotopic (exact) mass is 471 g/mol. The molecule has 2 amide bonds. The highest BCUT2D eigenvalue weighted by atomic mass is 32.2. The van der Waals surface area contributed by atoms with Gasteiger partial charge in [-0.15, -0.1) is 0 Å². The third-order valence-corrected chi connectivity index (χ3v) is 7.60. The number of piperidine rings is 1. The molecule has 1 aliphatic carbocycles. The summed E-state index contributed by atoms with van der Waals surface area (Å²) in [6, 6.07) is 11.4. The highest BCUT2D eigenvalue weighted by Crippen LogP contribution is 2.34. The summed E-state index contributed by atoms with van der Waals surface area (Å²) in [4.78, 5) is 27.4. The van der Waals surface area contributed by atoms with E-state index in [9.17, 15) is 18.0 Å². The smallest absolute Gasteiger partial charge is 0.253 e. The van der Waals surface area contributed by atoms with E-state index in [4.69, 9.17) is 9.47 Å². The molecule has 33 heavy (non-hydrogen) atoms. The van der Waals surface area contributed by atoms with Crippen molar-refractivity contribution in [1.82, 2.24) is 9.62 Å². The van der Waals surface area contributed by atoms with Crippen molar-refractivity contribution in [3.63, 3.8) is 0 Å². The van der Waals surface area contributed by atoms with Crippen molar-refractivity contribution in [2.45, 2.75) is 36.6 Å². The molecule has 0 atom stereocenters. The normalized spacial score (nSPS) is 18.2. The fraction of sp³-hybridized carbons (Fsp3) is 0.391. The zero-order valence-electron chi connectivity index (χ0n) is 18.0. The number of hydrogen-bond donors (Lipinski definition) is 2. The molecule has 2 aliphatic heterocycles. The number of nitrogens with one attached hydrogen (secondary N) is 2. The van der Waals surface area contributed by atoms with E-state index in [2.05, 4.69) is 10.0 Å². The van der Waals surface area contributed by atoms with Gasteiger partial charge in [0.15, 0.2) is 11.5 Å². The highest BCUT2D eigenvalue weighted by molar-refractivity contribution is 7.89. The molecule has 10 heteroatoms. The Kier molecular flexibility index (Phi) is 5.71. The number of rotatable bonds is 6. The van der Waals surface area contributed by atoms with Gasteiger partial charge in [-0.2, -0.15) is 0 Å². The summed E-state index contributed by atoms with van der Waals surface area (Å²) in [5, 5.41) is 2.91. The maximum Gasteiger partial charge on any atom is 0.253 e. The van der Waals surface area contributed by atoms with Crippen LogP contribution < -0.4 is 19.5 Å². The molecule has 2 fully saturated rings. The number of hydrogen-bond acceptors (Lipinski definition) is 6. The summed E-state index contributed by atoms with van der Waals surface area (Å²) in [6.45, 7) is 1.02. The number of anilines is 1. The Morgan fingerprint density at radius 1 is 0.939 bits per heavy atom. The van der Waals surface area contributed by atoms with Crippen LogP contribution >= 0.6 is 0 Å². The maximum absolute atomic E-state index is 13.0. The quantitative estimate of drug-likeness (QED) is 0.669. The first kappa shape index (κ1) is 21.7. The summed E-state index contributed by atoms with van der Waals surface area (Å²) in [5.41, 5.74) is 0.970. The lowest BCUT2D eigenvalue weighted by atomic mass is 9.95. The Bertz CT molecular complexity index is 1190. The molecule has 0 unspecified atom stereocenters. The summed E-state index contributed by atoms with van der Waals surface area (Å²) in [5.74, 6) is 0.715. The minimum absolute atomic E-state index is 0.00260. The van der Waals surface area contributed by atoms with E-state index >= 15 is 0 Å². The fourth-order valence-electron chi connectivity index (χ4n) is 4.03. The molecule has 2 heterocycles. The van der Waals surface area contributed by atoms with Crippen LogP contribution in [0.25, 0.3) is 0 Å². The molecule has 5 rings (SSSR count). The number of carbonyl (C=O) groups is 2. The number of nitrogens with zero attached hydrogens (tertiary/aromatic N) is 1. The van der Waals surface area contributed by atoms with E-state index < -0.39 is 10.0 Å². The molecule has 1 saturated heterocycles. The molecule has 1 saturated carbocycles. The second kappa shape index (κ2) is 8.68. The molecule has 0 spiro atoms. The van der Waals surface area contributed by atoms with Gasteiger partial charge in [-0.25, -0.2) is 13.1 Å². The molecule has 9 nitrogen and oxygen atoms in total. The zero-order chi connectivity index (χ0) is 23.0. The lowest BCUT2D eigenvalue weighted by Crippen LogP contribution is -2.41. The van der Waals surface area contributed by atoms with Gasteiger partial charge in [-0.05, 0) is 56.0 Å². The molecule has 0 radical (unpaired) electrons. The molecule has 3 aliphatic rings. The predicted octanol–water partition coefficient (Wildman–Crippen LogP) is 2.35. The second-order valence-electron chi connectivity index (χ2n) is 8.55. The topological polar surface area (TPSA) is 114 Å². The predicted molar refractivity (Wildman–Crippen MR) is 120 cm³/mol. The van der Waals surface area contributed by atoms with Gasteiger partial charge in [0.2, 0.25) is 22.7 Å². The molecular formula is C23H25N3O6S. The van der Waals surface area contributed by atoms with Crippen LogP contribution in [-0.2, 0) is 14.8 Å². The number of benzene rings is 2. The van der Waals surface area contributed by atoms with Crippen LogP contribution in [-0.4, -0.2) is 51.1 Å². The second-order valence-corrected chi connectivity index (χ2v) is 10.3. The Morgan fingerprint density at radius 2 is 1.70 bits per heavy atom. The lowest BCUT2D eigenvalue weighted by Gasteiger charge is -2.31. The average Bonchev–Trinajstić information content (AvgIpc) is 3.50. The van der Waals surface area contributed by atoms with Crippen LogP contribution in [0, 0.1) is 5.92 Å². The van der Waals surface area contributed by atoms with Crippen LogP contribution in [0.2, 0.25) is 0 Å². The van der Waals surface area contributed by atoms with Gasteiger partial charge in [-0.3, -0.25) is 9.59 Å². The number of ether oxygens (including phenoxy) is 2. The zero-order valence-corrected chi connectivity index (χ0v) is 18.8. The summed E-state index contributed by atoms with van der Waals surface area (Å²) in [6.07, 6.45) is 2.75. The van der Waals surface area contributed by atoms with Gasteiger partial charge in [0.05, 0.1) is 4.90 Å². The number of fused-ring (bicyclic) bond motifs is 1. The first-order valence-corrected chi connectivity index (χ1v) is 12.5. The van der Waals surface area contributed by atoms with Crippen LogP contribution in [0.5, 0.6) is 11.5 Å². The molecule has 0 bridgehead atoms. The number of likely N-dealkylation sites (tertiary alicyclic amines) is 1. The Labute approximate surface area is 192 Å². The van der Waals surface area contributed by atoms with Crippen molar-refractivity contribution >= 4 is 27.5 Å². The van der Waals surface area contributed by atoms with Crippen molar-refractivity contribution in [3.8, 4) is 11.5 Å². The minimum Gasteiger partial charge on any atom is -0.454 e. The fourth-order valence-corrected chi connectivity index (χ4v) is 5.38. The molecule has 2 aromatic rings. The lowest BCUT2D eigenvalue weighted by molar-refractivity contribution is -0.121. The SMILES string of the molecule is O=C(Nc1ccc2c(c1)OCO2)C1CCN(C(=O)c2cccc(S(=O)(=O)NC3CC3)c2)CC1. The average molecular weight is 472 g/mol. The third-order valence-electron chi connectivity index (χ3n) is 6.08. The first-order valence-electron chi connectivity index (χ1n) is 11.0. The minimum atomic E-state index is -3.63. The van der Waals surface area contributed by atoms with Crippen LogP contribution in [0.3, 0.4) is 0 Å². The Balaban J connectivity index is 1.18. The van der Waals surface area contributed by atoms with Crippen molar-refractivity contribution in [2.75, 3.05) is 25.2 Å². The summed E-state index contributed by atoms with van der Waals surface area (Å²) < 4.78 is 38.2. The van der Waals surface area contributed by atoms with Crippen molar-refractivity contribution < 1.29 is 27.5 Å². The van der Waals surface area contributed by atoms with E-state index in [0.717, 1.165) is 12.8 Å². The number of carbonyl (C=O) groups excluding carboxylic acids is 2. The summed E-state index contributed by atoms with van der Waals surface area (Å²) >= 11 is 0. The highest BCUT2D eigenvalue weighted by Gasteiger charge is 2.30. The van der Waals surface area contributed by atoms with Crippen molar-refractivity contribution in [2.24, 2.45) is 5.92 Å². The molecule has 174 valence electrons. The van der Waals surface area contributed by atoms with Gasteiger partial charge in [-0.1, -0.05) is 6.07 Å². The number of sulfonamides is 1. The van der Waals surface area contributed by atoms with Crippen LogP contribution in [0.15, 0.2) is 47.4 Å². The van der Waals surface area contributed by atoms with E-state index in [-0.39, 0.29) is 35.5 Å². The van der Waals surface area contributed by atoms with E-state index in [1.165, 1.54) is 12.1 Å². The van der Waals surface area contributed by atoms with E-state index in [1.54, 1.807) is 35.2 Å². The first-order chi connectivity index (χ1) is 15.9. The summed E-state index contributed by atoms with van der Waals surface area (Å²) in [7, 11) is -3.63. The third kappa shape index (κ3) is 4.81. The van der Waals surface area contributed by atoms with Crippen LogP contribution in [0.4, 0.5) is 5.69 Å². The van der Waals surface area contributed by atoms with Crippen LogP contribution in [0.1, 0.15) is 36.0 Å². The standard InChI is InChI=1S/C23H25N3O6S/c27-22(24-18-6-7-20-21(13-18)32-14-31-20)15-8-10-26(11-9-15)23(28)16-2-1-3-19(12-16)33(29,30)25-17-4-5-17/h1-3,6-7,12-13,15,17,25H,4-5,8-11,14H2,(H,24,27). The van der Waals surface area contributed by atoms with Crippen molar-refractivity contribution in [1.29, 1.82) is 0 Å². The van der Waals surface area contributed by atoms with E-state index in [0.29, 0.717) is 48.7 Å². The largest absolute Gasteiger partial charge is 0.454 e. The van der Waals surface area contributed by atoms with Gasteiger partial charge < -0.3 is 19.7 Å². The molecular weight excluding hydrogens is 446 g/mol. The Hall–Kier alpha value is -3.11. The maximum atomic E-state index is 13.0. The van der Waals surface area contributed by atoms with Gasteiger partial charge >= 0.3 is 0 Å². The van der Waals surface area contributed by atoms with Gasteiger partial charge in [0.25, 0.3) is 5.91 Å². The van der Waals surface area contributed by atoms with Crippen molar-refractivity contribution in [3.05, 3.63) is 48.0 Å². The molecule has 2 N–H and O–H groups in total. The van der Waals surface area contributed by atoms with Gasteiger partial charge in [0, 0.05) is 42.4 Å². The molecule has 2 aromatic carbocycles. The molecule has 0 aromatic heterocycles. The van der Waals surface area contributed by atoms with Gasteiger partial charge in [0.1, 0.15) is 0 Å². The van der Waals surface area contributed by atoms with E-state index in [1.807, 2.05) is 0 Å². The Morgan fingerprint density at radius 3 is 2.45 bits per heavy atom.